The van der Waals surface area contributed by atoms with Crippen molar-refractivity contribution in [2.75, 3.05) is 19.6 Å². The van der Waals surface area contributed by atoms with Crippen molar-refractivity contribution in [3.8, 4) is 0 Å². The number of benzene rings is 1. The summed E-state index contributed by atoms with van der Waals surface area (Å²) in [4.78, 5) is 17.4. The summed E-state index contributed by atoms with van der Waals surface area (Å²) in [6, 6.07) is 9.16. The number of nitrogens with two attached hydrogens (primary N) is 1. The van der Waals surface area contributed by atoms with Crippen LogP contribution in [0.3, 0.4) is 0 Å². The predicted octanol–water partition coefficient (Wildman–Crippen LogP) is 2.87. The fraction of sp³-hybridized carbons (Fsp3) is 0.650. The third kappa shape index (κ3) is 3.81. The standard InChI is InChI=1S/C20H31N3O/c1-3-22(18-10-11-18)14-16-6-8-17(9-7-16)20(24)23-12-4-5-15(2)19(23)13-21/h6-9,15,18-19H,3-5,10-14,21H2,1-2H3/t15-,19+/m0/s1. The van der Waals surface area contributed by atoms with E-state index in [2.05, 4.69) is 30.9 Å². The molecule has 1 saturated heterocycles. The zero-order chi connectivity index (χ0) is 17.1. The SMILES string of the molecule is CCN(Cc1ccc(C(=O)N2CCC[C@H](C)[C@H]2CN)cc1)C1CC1. The Hall–Kier alpha value is -1.39. The van der Waals surface area contributed by atoms with Gasteiger partial charge in [0.15, 0.2) is 0 Å². The summed E-state index contributed by atoms with van der Waals surface area (Å²) in [6.07, 6.45) is 4.91. The molecule has 0 bridgehead atoms. The number of carbonyl (C=O) groups is 1. The van der Waals surface area contributed by atoms with Gasteiger partial charge in [-0.15, -0.1) is 0 Å². The fourth-order valence-electron chi connectivity index (χ4n) is 3.95. The zero-order valence-corrected chi connectivity index (χ0v) is 15.1. The van der Waals surface area contributed by atoms with E-state index in [0.29, 0.717) is 12.5 Å². The predicted molar refractivity (Wildman–Crippen MR) is 97.8 cm³/mol. The van der Waals surface area contributed by atoms with Crippen molar-refractivity contribution in [3.63, 3.8) is 0 Å². The highest BCUT2D eigenvalue weighted by molar-refractivity contribution is 5.94. The Kier molecular flexibility index (Phi) is 5.57. The van der Waals surface area contributed by atoms with Crippen molar-refractivity contribution >= 4 is 5.91 Å². The molecule has 2 aliphatic rings. The largest absolute Gasteiger partial charge is 0.334 e. The number of nitrogens with zero attached hydrogens (tertiary/aromatic N) is 2. The maximum atomic E-state index is 12.9. The topological polar surface area (TPSA) is 49.6 Å². The Morgan fingerprint density at radius 1 is 1.25 bits per heavy atom. The second-order valence-corrected chi connectivity index (χ2v) is 7.41. The molecule has 1 heterocycles. The number of rotatable bonds is 6. The molecule has 0 aromatic heterocycles. The van der Waals surface area contributed by atoms with Crippen molar-refractivity contribution in [2.24, 2.45) is 11.7 Å². The molecular weight excluding hydrogens is 298 g/mol. The molecular formula is C20H31N3O. The molecule has 0 spiro atoms. The van der Waals surface area contributed by atoms with Crippen LogP contribution >= 0.6 is 0 Å². The summed E-state index contributed by atoms with van der Waals surface area (Å²) in [5.74, 6) is 0.627. The van der Waals surface area contributed by atoms with Crippen LogP contribution in [0, 0.1) is 5.92 Å². The lowest BCUT2D eigenvalue weighted by atomic mass is 9.90. The van der Waals surface area contributed by atoms with Gasteiger partial charge in [-0.1, -0.05) is 26.0 Å². The molecule has 4 nitrogen and oxygen atoms in total. The molecule has 2 N–H and O–H groups in total. The number of piperidine rings is 1. The minimum Gasteiger partial charge on any atom is -0.334 e. The Morgan fingerprint density at radius 2 is 1.96 bits per heavy atom. The van der Waals surface area contributed by atoms with Gasteiger partial charge in [-0.3, -0.25) is 9.69 Å². The lowest BCUT2D eigenvalue weighted by molar-refractivity contribution is 0.0532. The van der Waals surface area contributed by atoms with Crippen LogP contribution in [0.4, 0.5) is 0 Å². The highest BCUT2D eigenvalue weighted by Gasteiger charge is 2.31. The minimum absolute atomic E-state index is 0.137. The second-order valence-electron chi connectivity index (χ2n) is 7.41. The average Bonchev–Trinajstić information content (AvgIpc) is 3.44. The van der Waals surface area contributed by atoms with Crippen LogP contribution in [0.2, 0.25) is 0 Å². The van der Waals surface area contributed by atoms with Crippen LogP contribution in [0.15, 0.2) is 24.3 Å². The zero-order valence-electron chi connectivity index (χ0n) is 15.1. The molecule has 0 radical (unpaired) electrons. The minimum atomic E-state index is 0.137. The van der Waals surface area contributed by atoms with E-state index in [9.17, 15) is 4.79 Å². The molecule has 3 rings (SSSR count). The molecule has 2 atom stereocenters. The van der Waals surface area contributed by atoms with E-state index in [1.165, 1.54) is 24.8 Å². The summed E-state index contributed by atoms with van der Waals surface area (Å²) >= 11 is 0. The number of amides is 1. The van der Waals surface area contributed by atoms with Gasteiger partial charge in [0, 0.05) is 37.3 Å². The number of likely N-dealkylation sites (tertiary alicyclic amines) is 1. The second kappa shape index (κ2) is 7.66. The van der Waals surface area contributed by atoms with E-state index in [4.69, 9.17) is 5.73 Å². The van der Waals surface area contributed by atoms with Gasteiger partial charge in [0.2, 0.25) is 0 Å². The van der Waals surface area contributed by atoms with Crippen LogP contribution in [0.1, 0.15) is 55.5 Å². The van der Waals surface area contributed by atoms with Gasteiger partial charge < -0.3 is 10.6 Å². The third-order valence-electron chi connectivity index (χ3n) is 5.67. The van der Waals surface area contributed by atoms with Crippen LogP contribution in [-0.4, -0.2) is 47.4 Å². The monoisotopic (exact) mass is 329 g/mol. The van der Waals surface area contributed by atoms with Gasteiger partial charge in [-0.2, -0.15) is 0 Å². The molecule has 1 aliphatic carbocycles. The lowest BCUT2D eigenvalue weighted by Crippen LogP contribution is -2.51. The summed E-state index contributed by atoms with van der Waals surface area (Å²) in [6.45, 7) is 7.89. The van der Waals surface area contributed by atoms with E-state index >= 15 is 0 Å². The van der Waals surface area contributed by atoms with E-state index in [1.54, 1.807) is 0 Å². The van der Waals surface area contributed by atoms with Gasteiger partial charge in [0.05, 0.1) is 0 Å². The van der Waals surface area contributed by atoms with Crippen molar-refractivity contribution < 1.29 is 4.79 Å². The highest BCUT2D eigenvalue weighted by Crippen LogP contribution is 2.28. The van der Waals surface area contributed by atoms with Gasteiger partial charge in [-0.05, 0) is 55.8 Å². The first kappa shape index (κ1) is 17.4. The van der Waals surface area contributed by atoms with Gasteiger partial charge >= 0.3 is 0 Å². The quantitative estimate of drug-likeness (QED) is 0.873. The van der Waals surface area contributed by atoms with Crippen molar-refractivity contribution in [1.82, 2.24) is 9.80 Å². The molecule has 4 heteroatoms. The first-order chi connectivity index (χ1) is 11.6. The Morgan fingerprint density at radius 3 is 2.54 bits per heavy atom. The molecule has 1 aromatic carbocycles. The van der Waals surface area contributed by atoms with Gasteiger partial charge in [0.1, 0.15) is 0 Å². The Bertz CT molecular complexity index is 553. The van der Waals surface area contributed by atoms with Crippen molar-refractivity contribution in [3.05, 3.63) is 35.4 Å². The first-order valence-electron chi connectivity index (χ1n) is 9.48. The number of hydrogen-bond donors (Lipinski definition) is 1. The van der Waals surface area contributed by atoms with Gasteiger partial charge in [-0.25, -0.2) is 0 Å². The van der Waals surface area contributed by atoms with Gasteiger partial charge in [0.25, 0.3) is 5.91 Å². The van der Waals surface area contributed by atoms with Crippen LogP contribution < -0.4 is 5.73 Å². The number of hydrogen-bond acceptors (Lipinski definition) is 3. The molecule has 1 amide bonds. The van der Waals surface area contributed by atoms with E-state index in [-0.39, 0.29) is 11.9 Å². The summed E-state index contributed by atoms with van der Waals surface area (Å²) in [5, 5.41) is 0. The third-order valence-corrected chi connectivity index (χ3v) is 5.67. The van der Waals surface area contributed by atoms with Crippen molar-refractivity contribution in [1.29, 1.82) is 0 Å². The van der Waals surface area contributed by atoms with Crippen LogP contribution in [-0.2, 0) is 6.54 Å². The van der Waals surface area contributed by atoms with Crippen LogP contribution in [0.25, 0.3) is 0 Å². The molecule has 132 valence electrons. The summed E-state index contributed by atoms with van der Waals surface area (Å²) < 4.78 is 0. The smallest absolute Gasteiger partial charge is 0.254 e. The molecule has 1 aliphatic heterocycles. The van der Waals surface area contributed by atoms with E-state index in [0.717, 1.165) is 37.7 Å². The maximum Gasteiger partial charge on any atom is 0.254 e. The summed E-state index contributed by atoms with van der Waals surface area (Å²) in [5.41, 5.74) is 8.02. The molecule has 1 saturated carbocycles. The lowest BCUT2D eigenvalue weighted by Gasteiger charge is -2.39. The molecule has 0 unspecified atom stereocenters. The summed E-state index contributed by atoms with van der Waals surface area (Å²) in [7, 11) is 0. The van der Waals surface area contributed by atoms with E-state index < -0.39 is 0 Å². The highest BCUT2D eigenvalue weighted by atomic mass is 16.2. The van der Waals surface area contributed by atoms with Crippen molar-refractivity contribution in [2.45, 2.75) is 58.2 Å². The first-order valence-corrected chi connectivity index (χ1v) is 9.48. The van der Waals surface area contributed by atoms with E-state index in [1.807, 2.05) is 17.0 Å². The fourth-order valence-corrected chi connectivity index (χ4v) is 3.95. The Labute approximate surface area is 146 Å². The molecule has 24 heavy (non-hydrogen) atoms. The maximum absolute atomic E-state index is 12.9. The number of carbonyl (C=O) groups excluding carboxylic acids is 1. The average molecular weight is 329 g/mol. The normalized spacial score (nSPS) is 24.4. The Balaban J connectivity index is 1.66. The molecule has 1 aromatic rings. The van der Waals surface area contributed by atoms with Crippen LogP contribution in [0.5, 0.6) is 0 Å². The molecule has 2 fully saturated rings.